The van der Waals surface area contributed by atoms with Crippen molar-refractivity contribution in [1.82, 2.24) is 20.1 Å². The first-order chi connectivity index (χ1) is 8.77. The number of benzene rings is 1. The molecule has 0 radical (unpaired) electrons. The van der Waals surface area contributed by atoms with Gasteiger partial charge in [-0.25, -0.2) is 9.67 Å². The zero-order valence-corrected chi connectivity index (χ0v) is 10.8. The van der Waals surface area contributed by atoms with Crippen LogP contribution in [0.15, 0.2) is 24.5 Å². The third-order valence-electron chi connectivity index (χ3n) is 3.44. The maximum Gasteiger partial charge on any atom is 0.158 e. The summed E-state index contributed by atoms with van der Waals surface area (Å²) in [5.41, 5.74) is 4.04. The molecular formula is C14H18N4. The van der Waals surface area contributed by atoms with Crippen LogP contribution in [-0.4, -0.2) is 21.3 Å². The van der Waals surface area contributed by atoms with Crippen LogP contribution in [0.1, 0.15) is 31.0 Å². The highest BCUT2D eigenvalue weighted by molar-refractivity contribution is 5.63. The van der Waals surface area contributed by atoms with E-state index in [0.29, 0.717) is 6.04 Å². The summed E-state index contributed by atoms with van der Waals surface area (Å²) >= 11 is 0. The standard InChI is InChI=1S/C14H18N4/c1-10(2)18-14(16-9-17-18)13-5-3-4-11-8-15-7-6-12(11)13/h3-5,9-10,15H,6-8H2,1-2H3. The quantitative estimate of drug-likeness (QED) is 0.877. The van der Waals surface area contributed by atoms with Gasteiger partial charge >= 0.3 is 0 Å². The SMILES string of the molecule is CC(C)n1ncnc1-c1cccc2c1CCNC2. The smallest absolute Gasteiger partial charge is 0.158 e. The van der Waals surface area contributed by atoms with E-state index in [1.807, 2.05) is 4.68 Å². The van der Waals surface area contributed by atoms with Gasteiger partial charge in [0.25, 0.3) is 0 Å². The molecule has 0 amide bonds. The summed E-state index contributed by atoms with van der Waals surface area (Å²) < 4.78 is 2.00. The number of hydrogen-bond acceptors (Lipinski definition) is 3. The van der Waals surface area contributed by atoms with Crippen LogP contribution in [0.5, 0.6) is 0 Å². The number of nitrogens with zero attached hydrogens (tertiary/aromatic N) is 3. The Bertz CT molecular complexity index is 557. The minimum Gasteiger partial charge on any atom is -0.312 e. The van der Waals surface area contributed by atoms with Crippen LogP contribution in [-0.2, 0) is 13.0 Å². The van der Waals surface area contributed by atoms with Gasteiger partial charge in [-0.05, 0) is 37.9 Å². The van der Waals surface area contributed by atoms with Crippen LogP contribution in [0.4, 0.5) is 0 Å². The molecule has 0 aliphatic carbocycles. The lowest BCUT2D eigenvalue weighted by atomic mass is 9.95. The molecule has 1 aliphatic heterocycles. The lowest BCUT2D eigenvalue weighted by Gasteiger charge is -2.20. The molecule has 0 unspecified atom stereocenters. The number of rotatable bonds is 2. The van der Waals surface area contributed by atoms with Gasteiger partial charge in [-0.3, -0.25) is 0 Å². The lowest BCUT2D eigenvalue weighted by molar-refractivity contribution is 0.536. The third kappa shape index (κ3) is 1.82. The molecule has 0 atom stereocenters. The summed E-state index contributed by atoms with van der Waals surface area (Å²) in [5, 5.41) is 7.74. The van der Waals surface area contributed by atoms with E-state index >= 15 is 0 Å². The predicted octanol–water partition coefficient (Wildman–Crippen LogP) is 2.17. The first-order valence-electron chi connectivity index (χ1n) is 6.48. The van der Waals surface area contributed by atoms with Gasteiger partial charge in [0.1, 0.15) is 6.33 Å². The van der Waals surface area contributed by atoms with E-state index in [1.165, 1.54) is 16.7 Å². The van der Waals surface area contributed by atoms with Gasteiger partial charge in [0, 0.05) is 18.2 Å². The molecule has 94 valence electrons. The Morgan fingerprint density at radius 2 is 2.22 bits per heavy atom. The van der Waals surface area contributed by atoms with Crippen LogP contribution in [0.25, 0.3) is 11.4 Å². The van der Waals surface area contributed by atoms with Crippen LogP contribution < -0.4 is 5.32 Å². The van der Waals surface area contributed by atoms with Crippen molar-refractivity contribution in [2.45, 2.75) is 32.9 Å². The molecule has 1 aromatic heterocycles. The maximum atomic E-state index is 4.45. The molecule has 18 heavy (non-hydrogen) atoms. The first kappa shape index (κ1) is 11.4. The van der Waals surface area contributed by atoms with Crippen molar-refractivity contribution in [3.63, 3.8) is 0 Å². The van der Waals surface area contributed by atoms with Crippen molar-refractivity contribution in [3.05, 3.63) is 35.7 Å². The minimum absolute atomic E-state index is 0.333. The number of aromatic nitrogens is 3. The molecular weight excluding hydrogens is 224 g/mol. The Labute approximate surface area is 107 Å². The summed E-state index contributed by atoms with van der Waals surface area (Å²) in [6.45, 7) is 6.27. The van der Waals surface area contributed by atoms with Crippen molar-refractivity contribution in [2.75, 3.05) is 6.54 Å². The van der Waals surface area contributed by atoms with E-state index in [-0.39, 0.29) is 0 Å². The summed E-state index contributed by atoms with van der Waals surface area (Å²) in [5.74, 6) is 0.990. The molecule has 2 aromatic rings. The third-order valence-corrected chi connectivity index (χ3v) is 3.44. The summed E-state index contributed by atoms with van der Waals surface area (Å²) in [6.07, 6.45) is 2.71. The highest BCUT2D eigenvalue weighted by Gasteiger charge is 2.17. The Balaban J connectivity index is 2.14. The van der Waals surface area contributed by atoms with Crippen LogP contribution in [0, 0.1) is 0 Å². The summed E-state index contributed by atoms with van der Waals surface area (Å²) in [6, 6.07) is 6.80. The molecule has 0 spiro atoms. The zero-order valence-electron chi connectivity index (χ0n) is 10.8. The van der Waals surface area contributed by atoms with E-state index in [0.717, 1.165) is 25.3 Å². The van der Waals surface area contributed by atoms with Gasteiger partial charge in [-0.1, -0.05) is 18.2 Å². The van der Waals surface area contributed by atoms with E-state index < -0.39 is 0 Å². The maximum absolute atomic E-state index is 4.45. The molecule has 0 bridgehead atoms. The normalized spacial score (nSPS) is 14.8. The Morgan fingerprint density at radius 1 is 1.33 bits per heavy atom. The fourth-order valence-corrected chi connectivity index (χ4v) is 2.56. The first-order valence-corrected chi connectivity index (χ1v) is 6.48. The lowest BCUT2D eigenvalue weighted by Crippen LogP contribution is -2.24. The van der Waals surface area contributed by atoms with Gasteiger partial charge in [-0.2, -0.15) is 5.10 Å². The van der Waals surface area contributed by atoms with Crippen LogP contribution >= 0.6 is 0 Å². The highest BCUT2D eigenvalue weighted by Crippen LogP contribution is 2.28. The average Bonchev–Trinajstić information content (AvgIpc) is 2.87. The Kier molecular flexibility index (Phi) is 2.88. The van der Waals surface area contributed by atoms with Gasteiger partial charge < -0.3 is 5.32 Å². The number of nitrogens with one attached hydrogen (secondary N) is 1. The van der Waals surface area contributed by atoms with E-state index in [1.54, 1.807) is 6.33 Å². The van der Waals surface area contributed by atoms with Crippen LogP contribution in [0.2, 0.25) is 0 Å². The number of fused-ring (bicyclic) bond motifs is 1. The van der Waals surface area contributed by atoms with Gasteiger partial charge in [-0.15, -0.1) is 0 Å². The highest BCUT2D eigenvalue weighted by atomic mass is 15.3. The fourth-order valence-electron chi connectivity index (χ4n) is 2.56. The van der Waals surface area contributed by atoms with Gasteiger partial charge in [0.2, 0.25) is 0 Å². The van der Waals surface area contributed by atoms with E-state index in [9.17, 15) is 0 Å². The second-order valence-corrected chi connectivity index (χ2v) is 4.99. The molecule has 2 heterocycles. The van der Waals surface area contributed by atoms with E-state index in [2.05, 4.69) is 47.4 Å². The van der Waals surface area contributed by atoms with Gasteiger partial charge in [0.15, 0.2) is 5.82 Å². The topological polar surface area (TPSA) is 42.7 Å². The van der Waals surface area contributed by atoms with Crippen molar-refractivity contribution >= 4 is 0 Å². The Hall–Kier alpha value is -1.68. The number of hydrogen-bond donors (Lipinski definition) is 1. The molecule has 1 N–H and O–H groups in total. The summed E-state index contributed by atoms with van der Waals surface area (Å²) in [7, 11) is 0. The predicted molar refractivity (Wildman–Crippen MR) is 71.3 cm³/mol. The van der Waals surface area contributed by atoms with Gasteiger partial charge in [0.05, 0.1) is 0 Å². The molecule has 0 fully saturated rings. The molecule has 3 rings (SSSR count). The average molecular weight is 242 g/mol. The zero-order chi connectivity index (χ0) is 12.5. The van der Waals surface area contributed by atoms with Crippen molar-refractivity contribution in [1.29, 1.82) is 0 Å². The molecule has 4 heteroatoms. The molecule has 0 saturated carbocycles. The minimum atomic E-state index is 0.333. The van der Waals surface area contributed by atoms with Crippen LogP contribution in [0.3, 0.4) is 0 Å². The molecule has 4 nitrogen and oxygen atoms in total. The monoisotopic (exact) mass is 242 g/mol. The van der Waals surface area contributed by atoms with Crippen molar-refractivity contribution in [2.24, 2.45) is 0 Å². The second kappa shape index (κ2) is 4.53. The molecule has 1 aliphatic rings. The second-order valence-electron chi connectivity index (χ2n) is 4.99. The molecule has 1 aromatic carbocycles. The van der Waals surface area contributed by atoms with E-state index in [4.69, 9.17) is 0 Å². The largest absolute Gasteiger partial charge is 0.312 e. The Morgan fingerprint density at radius 3 is 3.06 bits per heavy atom. The fraction of sp³-hybridized carbons (Fsp3) is 0.429. The summed E-state index contributed by atoms with van der Waals surface area (Å²) in [4.78, 5) is 4.45. The van der Waals surface area contributed by atoms with Crippen molar-refractivity contribution in [3.8, 4) is 11.4 Å². The van der Waals surface area contributed by atoms with Crippen molar-refractivity contribution < 1.29 is 0 Å². The molecule has 0 saturated heterocycles.